The molecule has 3 nitrogen and oxygen atoms in total. The Morgan fingerprint density at radius 2 is 1.83 bits per heavy atom. The van der Waals surface area contributed by atoms with Gasteiger partial charge < -0.3 is 14.8 Å². The average molecular weight is 247 g/mol. The minimum Gasteiger partial charge on any atom is -0.494 e. The fourth-order valence-corrected chi connectivity index (χ4v) is 2.09. The summed E-state index contributed by atoms with van der Waals surface area (Å²) in [6, 6.07) is 8.71. The first-order valence-electron chi connectivity index (χ1n) is 6.95. The van der Waals surface area contributed by atoms with Gasteiger partial charge in [-0.1, -0.05) is 0 Å². The van der Waals surface area contributed by atoms with Crippen molar-refractivity contribution in [3.8, 4) is 11.5 Å². The van der Waals surface area contributed by atoms with Crippen molar-refractivity contribution in [2.45, 2.75) is 44.2 Å². The molecule has 1 N–H and O–H groups in total. The third-order valence-electron chi connectivity index (χ3n) is 3.57. The highest BCUT2D eigenvalue weighted by atomic mass is 16.5. The molecule has 18 heavy (non-hydrogen) atoms. The Labute approximate surface area is 108 Å². The van der Waals surface area contributed by atoms with Gasteiger partial charge in [-0.05, 0) is 56.9 Å². The highest BCUT2D eigenvalue weighted by Gasteiger charge is 2.46. The Balaban J connectivity index is 1.54. The Morgan fingerprint density at radius 1 is 1.17 bits per heavy atom. The summed E-state index contributed by atoms with van der Waals surface area (Å²) in [5, 5.41) is 3.56. The molecule has 2 fully saturated rings. The first-order chi connectivity index (χ1) is 8.80. The van der Waals surface area contributed by atoms with Crippen molar-refractivity contribution in [3.63, 3.8) is 0 Å². The van der Waals surface area contributed by atoms with Gasteiger partial charge in [0, 0.05) is 12.6 Å². The quantitative estimate of drug-likeness (QED) is 0.803. The van der Waals surface area contributed by atoms with Crippen LogP contribution in [0, 0.1) is 0 Å². The Bertz CT molecular complexity index is 393. The maximum Gasteiger partial charge on any atom is 0.122 e. The van der Waals surface area contributed by atoms with E-state index in [1.807, 2.05) is 31.2 Å². The van der Waals surface area contributed by atoms with E-state index in [9.17, 15) is 0 Å². The van der Waals surface area contributed by atoms with Gasteiger partial charge >= 0.3 is 0 Å². The van der Waals surface area contributed by atoms with E-state index in [2.05, 4.69) is 5.32 Å². The van der Waals surface area contributed by atoms with Crippen LogP contribution in [-0.2, 0) is 0 Å². The third-order valence-corrected chi connectivity index (χ3v) is 3.57. The fourth-order valence-electron chi connectivity index (χ4n) is 2.09. The molecule has 3 heteroatoms. The second-order valence-electron chi connectivity index (χ2n) is 5.34. The van der Waals surface area contributed by atoms with E-state index in [0.717, 1.165) is 24.1 Å². The van der Waals surface area contributed by atoms with Crippen LogP contribution in [0.3, 0.4) is 0 Å². The van der Waals surface area contributed by atoms with Crippen molar-refractivity contribution in [1.29, 1.82) is 0 Å². The smallest absolute Gasteiger partial charge is 0.122 e. The zero-order valence-corrected chi connectivity index (χ0v) is 10.9. The van der Waals surface area contributed by atoms with Crippen LogP contribution in [0.15, 0.2) is 24.3 Å². The normalized spacial score (nSPS) is 20.5. The van der Waals surface area contributed by atoms with Gasteiger partial charge in [0.1, 0.15) is 17.1 Å². The van der Waals surface area contributed by atoms with Gasteiger partial charge in [0.25, 0.3) is 0 Å². The van der Waals surface area contributed by atoms with Crippen LogP contribution in [0.5, 0.6) is 11.5 Å². The number of ether oxygens (including phenoxy) is 2. The number of nitrogens with one attached hydrogen (secondary N) is 1. The molecule has 0 radical (unpaired) electrons. The largest absolute Gasteiger partial charge is 0.494 e. The van der Waals surface area contributed by atoms with E-state index in [1.54, 1.807) is 0 Å². The van der Waals surface area contributed by atoms with Crippen molar-refractivity contribution in [2.75, 3.05) is 13.2 Å². The van der Waals surface area contributed by atoms with Crippen LogP contribution >= 0.6 is 0 Å². The molecule has 0 unspecified atom stereocenters. The summed E-state index contributed by atoms with van der Waals surface area (Å²) in [4.78, 5) is 0. The maximum atomic E-state index is 6.11. The molecular weight excluding hydrogens is 226 g/mol. The zero-order chi connectivity index (χ0) is 12.4. The van der Waals surface area contributed by atoms with Gasteiger partial charge in [0.05, 0.1) is 6.61 Å². The molecule has 1 aromatic carbocycles. The molecule has 3 rings (SSSR count). The summed E-state index contributed by atoms with van der Waals surface area (Å²) in [5.74, 6) is 1.86. The van der Waals surface area contributed by atoms with Gasteiger partial charge in [-0.15, -0.1) is 0 Å². The highest BCUT2D eigenvalue weighted by molar-refractivity contribution is 5.32. The molecule has 0 aromatic heterocycles. The summed E-state index contributed by atoms with van der Waals surface area (Å²) >= 11 is 0. The van der Waals surface area contributed by atoms with Crippen molar-refractivity contribution < 1.29 is 9.47 Å². The fraction of sp³-hybridized carbons (Fsp3) is 0.600. The third kappa shape index (κ3) is 2.96. The lowest BCUT2D eigenvalue weighted by molar-refractivity contribution is 0.175. The van der Waals surface area contributed by atoms with E-state index in [1.165, 1.54) is 25.7 Å². The molecule has 0 saturated heterocycles. The van der Waals surface area contributed by atoms with Crippen molar-refractivity contribution in [3.05, 3.63) is 24.3 Å². The number of benzene rings is 1. The van der Waals surface area contributed by atoms with Gasteiger partial charge in [-0.25, -0.2) is 0 Å². The summed E-state index contributed by atoms with van der Waals surface area (Å²) in [5.41, 5.74) is 0.0652. The van der Waals surface area contributed by atoms with Gasteiger partial charge in [0.15, 0.2) is 0 Å². The summed E-state index contributed by atoms with van der Waals surface area (Å²) in [7, 11) is 0. The molecule has 0 heterocycles. The SMILES string of the molecule is CCOc1ccc(OC2(CNC3CC3)CC2)cc1. The molecule has 2 saturated carbocycles. The summed E-state index contributed by atoms with van der Waals surface area (Å²) in [6.45, 7) is 3.69. The van der Waals surface area contributed by atoms with Crippen molar-refractivity contribution in [1.82, 2.24) is 5.32 Å². The van der Waals surface area contributed by atoms with E-state index >= 15 is 0 Å². The topological polar surface area (TPSA) is 30.5 Å². The Morgan fingerprint density at radius 3 is 2.39 bits per heavy atom. The molecule has 2 aliphatic carbocycles. The lowest BCUT2D eigenvalue weighted by Crippen LogP contribution is -2.34. The number of hydrogen-bond acceptors (Lipinski definition) is 3. The predicted octanol–water partition coefficient (Wildman–Crippen LogP) is 2.75. The maximum absolute atomic E-state index is 6.11. The van der Waals surface area contributed by atoms with Crippen LogP contribution < -0.4 is 14.8 Å². The minimum atomic E-state index is 0.0652. The Kier molecular flexibility index (Phi) is 3.16. The van der Waals surface area contributed by atoms with E-state index in [-0.39, 0.29) is 5.60 Å². The molecule has 0 amide bonds. The van der Waals surface area contributed by atoms with Crippen molar-refractivity contribution >= 4 is 0 Å². The van der Waals surface area contributed by atoms with E-state index in [0.29, 0.717) is 6.61 Å². The summed E-state index contributed by atoms with van der Waals surface area (Å²) in [6.07, 6.45) is 5.00. The predicted molar refractivity (Wildman–Crippen MR) is 71.2 cm³/mol. The number of hydrogen-bond donors (Lipinski definition) is 1. The number of rotatable bonds is 7. The van der Waals surface area contributed by atoms with Crippen LogP contribution in [0.1, 0.15) is 32.6 Å². The highest BCUT2D eigenvalue weighted by Crippen LogP contribution is 2.40. The van der Waals surface area contributed by atoms with E-state index in [4.69, 9.17) is 9.47 Å². The zero-order valence-electron chi connectivity index (χ0n) is 10.9. The summed E-state index contributed by atoms with van der Waals surface area (Å²) < 4.78 is 11.5. The van der Waals surface area contributed by atoms with Gasteiger partial charge in [-0.2, -0.15) is 0 Å². The molecule has 1 aromatic rings. The minimum absolute atomic E-state index is 0.0652. The molecular formula is C15H21NO2. The second-order valence-corrected chi connectivity index (χ2v) is 5.34. The Hall–Kier alpha value is -1.22. The monoisotopic (exact) mass is 247 g/mol. The van der Waals surface area contributed by atoms with Crippen LogP contribution in [-0.4, -0.2) is 24.8 Å². The molecule has 98 valence electrons. The lowest BCUT2D eigenvalue weighted by Gasteiger charge is -2.19. The van der Waals surface area contributed by atoms with Gasteiger partial charge in [0.2, 0.25) is 0 Å². The molecule has 0 spiro atoms. The van der Waals surface area contributed by atoms with Crippen LogP contribution in [0.2, 0.25) is 0 Å². The first kappa shape index (κ1) is 11.8. The average Bonchev–Trinajstić information content (AvgIpc) is 3.25. The van der Waals surface area contributed by atoms with E-state index < -0.39 is 0 Å². The first-order valence-corrected chi connectivity index (χ1v) is 6.95. The molecule has 0 bridgehead atoms. The lowest BCUT2D eigenvalue weighted by atomic mass is 10.3. The standard InChI is InChI=1S/C15H21NO2/c1-2-17-13-5-7-14(8-6-13)18-15(9-10-15)11-16-12-3-4-12/h5-8,12,16H,2-4,9-11H2,1H3. The second kappa shape index (κ2) is 4.81. The van der Waals surface area contributed by atoms with Crippen LogP contribution in [0.25, 0.3) is 0 Å². The molecule has 0 aliphatic heterocycles. The van der Waals surface area contributed by atoms with Gasteiger partial charge in [-0.3, -0.25) is 0 Å². The molecule has 0 atom stereocenters. The van der Waals surface area contributed by atoms with Crippen molar-refractivity contribution in [2.24, 2.45) is 0 Å². The van der Waals surface area contributed by atoms with Crippen LogP contribution in [0.4, 0.5) is 0 Å². The molecule has 2 aliphatic rings.